The van der Waals surface area contributed by atoms with Gasteiger partial charge in [0.05, 0.1) is 0 Å². The molecule has 0 saturated carbocycles. The third-order valence-corrected chi connectivity index (χ3v) is 4.97. The number of nitrogens with one attached hydrogen (secondary N) is 1. The van der Waals surface area contributed by atoms with E-state index in [1.165, 1.54) is 5.57 Å². The Morgan fingerprint density at radius 2 is 1.68 bits per heavy atom. The Balaban J connectivity index is 4.30. The highest BCUT2D eigenvalue weighted by molar-refractivity contribution is 5.87. The second-order valence-electron chi connectivity index (χ2n) is 7.82. The molecular formula is C23H41N3O2. The van der Waals surface area contributed by atoms with E-state index in [1.807, 2.05) is 39.8 Å². The van der Waals surface area contributed by atoms with E-state index in [-0.39, 0.29) is 17.9 Å². The Morgan fingerprint density at radius 3 is 2.18 bits per heavy atom. The maximum Gasteiger partial charge on any atom is 0.317 e. The van der Waals surface area contributed by atoms with Crippen LogP contribution in [0.2, 0.25) is 0 Å². The molecule has 3 amide bonds. The van der Waals surface area contributed by atoms with Gasteiger partial charge in [-0.2, -0.15) is 0 Å². The summed E-state index contributed by atoms with van der Waals surface area (Å²) < 4.78 is 0. The molecule has 0 aliphatic heterocycles. The van der Waals surface area contributed by atoms with Crippen LogP contribution < -0.4 is 5.32 Å². The van der Waals surface area contributed by atoms with Crippen LogP contribution in [0.3, 0.4) is 0 Å². The fourth-order valence-electron chi connectivity index (χ4n) is 2.85. The Labute approximate surface area is 172 Å². The van der Waals surface area contributed by atoms with Crippen LogP contribution in [0, 0.1) is 5.92 Å². The largest absolute Gasteiger partial charge is 0.344 e. The van der Waals surface area contributed by atoms with Crippen LogP contribution in [0.1, 0.15) is 59.8 Å². The molecule has 160 valence electrons. The minimum atomic E-state index is -0.489. The summed E-state index contributed by atoms with van der Waals surface area (Å²) in [6.45, 7) is 16.9. The van der Waals surface area contributed by atoms with Crippen LogP contribution in [0.15, 0.2) is 36.5 Å². The normalized spacial score (nSPS) is 12.5. The first-order valence-corrected chi connectivity index (χ1v) is 10.4. The monoisotopic (exact) mass is 391 g/mol. The molecular weight excluding hydrogens is 350 g/mol. The molecule has 28 heavy (non-hydrogen) atoms. The Bertz CT molecular complexity index is 552. The summed E-state index contributed by atoms with van der Waals surface area (Å²) >= 11 is 0. The molecule has 0 radical (unpaired) electrons. The van der Waals surface area contributed by atoms with E-state index in [4.69, 9.17) is 0 Å². The van der Waals surface area contributed by atoms with Crippen LogP contribution in [-0.2, 0) is 4.79 Å². The number of urea groups is 1. The molecule has 0 spiro atoms. The lowest BCUT2D eigenvalue weighted by molar-refractivity contribution is -0.132. The van der Waals surface area contributed by atoms with E-state index in [1.54, 1.807) is 23.9 Å². The number of unbranched alkanes of at least 4 members (excludes halogenated alkanes) is 3. The second-order valence-corrected chi connectivity index (χ2v) is 7.82. The zero-order valence-electron chi connectivity index (χ0n) is 18.9. The van der Waals surface area contributed by atoms with E-state index in [0.29, 0.717) is 13.1 Å². The fraction of sp³-hybridized carbons (Fsp3) is 0.652. The van der Waals surface area contributed by atoms with Crippen molar-refractivity contribution in [2.75, 3.05) is 27.2 Å². The summed E-state index contributed by atoms with van der Waals surface area (Å²) in [5, 5.41) is 2.89. The highest BCUT2D eigenvalue weighted by Gasteiger charge is 2.27. The third-order valence-electron chi connectivity index (χ3n) is 4.97. The van der Waals surface area contributed by atoms with Crippen molar-refractivity contribution < 1.29 is 9.59 Å². The first-order valence-electron chi connectivity index (χ1n) is 10.4. The Kier molecular flexibility index (Phi) is 13.0. The predicted molar refractivity (Wildman–Crippen MR) is 119 cm³/mol. The number of carbonyl (C=O) groups excluding carboxylic acids is 2. The highest BCUT2D eigenvalue weighted by Crippen LogP contribution is 2.16. The van der Waals surface area contributed by atoms with E-state index in [2.05, 4.69) is 18.5 Å². The molecule has 0 aliphatic rings. The molecule has 0 aromatic heterocycles. The van der Waals surface area contributed by atoms with Gasteiger partial charge < -0.3 is 15.1 Å². The summed E-state index contributed by atoms with van der Waals surface area (Å²) in [6, 6.07) is -0.674. The molecule has 0 rings (SSSR count). The summed E-state index contributed by atoms with van der Waals surface area (Å²) in [7, 11) is 3.55. The molecule has 1 atom stereocenters. The minimum Gasteiger partial charge on any atom is -0.344 e. The summed E-state index contributed by atoms with van der Waals surface area (Å²) in [5.41, 5.74) is 2.35. The first kappa shape index (κ1) is 26.0. The van der Waals surface area contributed by atoms with Crippen molar-refractivity contribution in [3.8, 4) is 0 Å². The van der Waals surface area contributed by atoms with Crippen LogP contribution in [0.5, 0.6) is 0 Å². The highest BCUT2D eigenvalue weighted by atomic mass is 16.2. The topological polar surface area (TPSA) is 52.7 Å². The van der Waals surface area contributed by atoms with E-state index >= 15 is 0 Å². The molecule has 0 heterocycles. The summed E-state index contributed by atoms with van der Waals surface area (Å²) in [5.74, 6) is 0.00475. The lowest BCUT2D eigenvalue weighted by Gasteiger charge is -2.28. The number of hydrogen-bond donors (Lipinski definition) is 1. The van der Waals surface area contributed by atoms with E-state index < -0.39 is 6.04 Å². The lowest BCUT2D eigenvalue weighted by Crippen LogP contribution is -2.53. The van der Waals surface area contributed by atoms with Crippen molar-refractivity contribution in [2.45, 2.75) is 65.8 Å². The van der Waals surface area contributed by atoms with Gasteiger partial charge in [0, 0.05) is 27.2 Å². The number of nitrogens with zero attached hydrogens (tertiary/aromatic N) is 2. The van der Waals surface area contributed by atoms with E-state index in [0.717, 1.165) is 37.7 Å². The molecule has 1 N–H and O–H groups in total. The number of amides is 3. The summed E-state index contributed by atoms with van der Waals surface area (Å²) in [4.78, 5) is 28.2. The van der Waals surface area contributed by atoms with Gasteiger partial charge in [0.15, 0.2) is 0 Å². The Morgan fingerprint density at radius 1 is 1.07 bits per heavy atom. The van der Waals surface area contributed by atoms with Gasteiger partial charge in [-0.15, -0.1) is 0 Å². The number of likely N-dealkylation sites (N-methyl/N-ethyl adjacent to an activating group) is 1. The van der Waals surface area contributed by atoms with Gasteiger partial charge in [0.1, 0.15) is 6.04 Å². The molecule has 0 saturated heterocycles. The predicted octanol–water partition coefficient (Wildman–Crippen LogP) is 4.77. The molecule has 5 nitrogen and oxygen atoms in total. The molecule has 0 aromatic carbocycles. The van der Waals surface area contributed by atoms with Gasteiger partial charge in [0.2, 0.25) is 5.91 Å². The Hall–Kier alpha value is -2.04. The number of carbonyl (C=O) groups is 2. The number of hydrogen-bond acceptors (Lipinski definition) is 2. The van der Waals surface area contributed by atoms with Crippen molar-refractivity contribution in [2.24, 2.45) is 5.92 Å². The fourth-order valence-corrected chi connectivity index (χ4v) is 2.85. The molecule has 0 bridgehead atoms. The molecule has 1 unspecified atom stereocenters. The van der Waals surface area contributed by atoms with Crippen molar-refractivity contribution in [3.05, 3.63) is 36.5 Å². The van der Waals surface area contributed by atoms with Gasteiger partial charge in [-0.05, 0) is 44.6 Å². The van der Waals surface area contributed by atoms with Crippen LogP contribution in [0.25, 0.3) is 0 Å². The third kappa shape index (κ3) is 9.77. The van der Waals surface area contributed by atoms with Gasteiger partial charge in [-0.25, -0.2) is 4.79 Å². The van der Waals surface area contributed by atoms with Gasteiger partial charge in [0.25, 0.3) is 0 Å². The van der Waals surface area contributed by atoms with Crippen molar-refractivity contribution >= 4 is 11.9 Å². The average Bonchev–Trinajstić information content (AvgIpc) is 2.65. The maximum absolute atomic E-state index is 12.4. The first-order chi connectivity index (χ1) is 13.1. The van der Waals surface area contributed by atoms with E-state index in [9.17, 15) is 9.59 Å². The van der Waals surface area contributed by atoms with Crippen molar-refractivity contribution in [1.82, 2.24) is 15.1 Å². The average molecular weight is 392 g/mol. The van der Waals surface area contributed by atoms with Gasteiger partial charge in [-0.1, -0.05) is 57.6 Å². The molecule has 0 aromatic rings. The van der Waals surface area contributed by atoms with Gasteiger partial charge in [-0.3, -0.25) is 4.79 Å². The smallest absolute Gasteiger partial charge is 0.317 e. The molecule has 5 heteroatoms. The zero-order chi connectivity index (χ0) is 21.7. The van der Waals surface area contributed by atoms with Gasteiger partial charge >= 0.3 is 6.03 Å². The van der Waals surface area contributed by atoms with Crippen LogP contribution in [-0.4, -0.2) is 55.0 Å². The maximum atomic E-state index is 12.4. The lowest BCUT2D eigenvalue weighted by atomic mass is 10.0. The molecule has 0 fully saturated rings. The number of allylic oxidation sites excluding steroid dienone is 4. The standard InChI is InChI=1S/C23H41N3O2/c1-9-15-20(18(3)4)16-13-11-12-14-17-26(8)23(28)24-21(19(5)6)22(27)25(7)10-2/h9,15,19,21H,1,3,10-14,16-17H2,2,4-8H3,(H,24,28). The van der Waals surface area contributed by atoms with Crippen LogP contribution >= 0.6 is 0 Å². The second kappa shape index (κ2) is 14.0. The van der Waals surface area contributed by atoms with Crippen molar-refractivity contribution in [1.29, 1.82) is 0 Å². The SMILES string of the molecule is C=CC=C(CCCCCCN(C)C(=O)NC(C(=O)N(C)CC)C(C)C)C(=C)C. The summed E-state index contributed by atoms with van der Waals surface area (Å²) in [6.07, 6.45) is 9.10. The number of rotatable bonds is 13. The zero-order valence-corrected chi connectivity index (χ0v) is 18.9. The van der Waals surface area contributed by atoms with Crippen molar-refractivity contribution in [3.63, 3.8) is 0 Å². The van der Waals surface area contributed by atoms with Crippen LogP contribution in [0.4, 0.5) is 4.79 Å². The quantitative estimate of drug-likeness (QED) is 0.363. The molecule has 0 aliphatic carbocycles. The minimum absolute atomic E-state index is 0.0415.